The second-order valence-electron chi connectivity index (χ2n) is 2.61. The van der Waals surface area contributed by atoms with Gasteiger partial charge in [-0.15, -0.1) is 0 Å². The Bertz CT molecular complexity index is 327. The number of hydrazone groups is 1. The molecule has 1 unspecified atom stereocenters. The smallest absolute Gasteiger partial charge is 0.271 e. The monoisotopic (exact) mass is 198 g/mol. The lowest BCUT2D eigenvalue weighted by atomic mass is 10.4. The summed E-state index contributed by atoms with van der Waals surface area (Å²) >= 11 is 4.71. The Kier molecular flexibility index (Phi) is 1.73. The van der Waals surface area contributed by atoms with Crippen molar-refractivity contribution in [3.8, 4) is 0 Å². The van der Waals surface area contributed by atoms with E-state index in [2.05, 4.69) is 15.7 Å². The minimum atomic E-state index is -0.779. The maximum atomic E-state index is 11.2. The molecule has 0 radical (unpaired) electrons. The third-order valence-corrected chi connectivity index (χ3v) is 1.94. The van der Waals surface area contributed by atoms with Gasteiger partial charge in [0, 0.05) is 6.21 Å². The molecule has 0 aromatic rings. The molecule has 2 amide bonds. The lowest BCUT2D eigenvalue weighted by Crippen LogP contribution is -2.45. The number of nitrogens with one attached hydrogen (secondary N) is 2. The number of thiocarbonyl (C=S) groups is 1. The molecule has 1 fully saturated rings. The molecule has 13 heavy (non-hydrogen) atoms. The third-order valence-electron chi connectivity index (χ3n) is 1.72. The summed E-state index contributed by atoms with van der Waals surface area (Å²) in [5, 5.41) is 10.1. The van der Waals surface area contributed by atoms with Gasteiger partial charge in [0.15, 0.2) is 5.11 Å². The molecule has 0 aromatic carbocycles. The summed E-state index contributed by atoms with van der Waals surface area (Å²) in [6, 6.07) is 0. The number of hydrogen-bond acceptors (Lipinski definition) is 4. The van der Waals surface area contributed by atoms with Crippen molar-refractivity contribution in [2.45, 2.75) is 12.6 Å². The molecule has 68 valence electrons. The molecule has 1 atom stereocenters. The Labute approximate surface area is 79.0 Å². The van der Waals surface area contributed by atoms with E-state index in [1.54, 1.807) is 0 Å². The lowest BCUT2D eigenvalue weighted by molar-refractivity contribution is -0.137. The molecule has 2 aliphatic heterocycles. The first-order valence-electron chi connectivity index (χ1n) is 3.64. The number of carbonyl (C=O) groups is 2. The zero-order valence-corrected chi connectivity index (χ0v) is 7.30. The van der Waals surface area contributed by atoms with Crippen molar-refractivity contribution in [3.63, 3.8) is 0 Å². The Morgan fingerprint density at radius 1 is 1.62 bits per heavy atom. The van der Waals surface area contributed by atoms with E-state index in [-0.39, 0.29) is 23.3 Å². The van der Waals surface area contributed by atoms with E-state index in [4.69, 9.17) is 12.2 Å². The summed E-state index contributed by atoms with van der Waals surface area (Å²) in [6.45, 7) is 0. The molecule has 0 bridgehead atoms. The van der Waals surface area contributed by atoms with Crippen LogP contribution in [0, 0.1) is 0 Å². The summed E-state index contributed by atoms with van der Waals surface area (Å²) in [4.78, 5) is 22.3. The molecule has 2 N–H and O–H groups in total. The molecule has 7 heteroatoms. The first kappa shape index (κ1) is 8.11. The third kappa shape index (κ3) is 1.26. The Morgan fingerprint density at radius 3 is 2.85 bits per heavy atom. The van der Waals surface area contributed by atoms with Crippen molar-refractivity contribution in [2.24, 2.45) is 5.10 Å². The van der Waals surface area contributed by atoms with Crippen LogP contribution < -0.4 is 10.6 Å². The first-order valence-corrected chi connectivity index (χ1v) is 4.05. The van der Waals surface area contributed by atoms with E-state index < -0.39 is 6.17 Å². The number of amides is 2. The van der Waals surface area contributed by atoms with Crippen molar-refractivity contribution >= 4 is 35.4 Å². The van der Waals surface area contributed by atoms with Crippen LogP contribution in [-0.4, -0.2) is 34.3 Å². The highest BCUT2D eigenvalue weighted by Gasteiger charge is 2.36. The number of nitrogens with zero attached hydrogens (tertiary/aromatic N) is 2. The zero-order valence-electron chi connectivity index (χ0n) is 6.48. The Hall–Kier alpha value is -1.50. The van der Waals surface area contributed by atoms with Crippen molar-refractivity contribution in [2.75, 3.05) is 0 Å². The highest BCUT2D eigenvalue weighted by molar-refractivity contribution is 7.80. The van der Waals surface area contributed by atoms with Gasteiger partial charge in [-0.25, -0.2) is 5.01 Å². The molecular weight excluding hydrogens is 192 g/mol. The maximum Gasteiger partial charge on any atom is 0.271 e. The topological polar surface area (TPSA) is 73.8 Å². The van der Waals surface area contributed by atoms with Gasteiger partial charge in [-0.3, -0.25) is 14.9 Å². The minimum absolute atomic E-state index is 0.211. The van der Waals surface area contributed by atoms with Crippen LogP contribution in [0.5, 0.6) is 0 Å². The molecular formula is C6H6N4O2S. The fourth-order valence-corrected chi connectivity index (χ4v) is 1.37. The lowest BCUT2D eigenvalue weighted by Gasteiger charge is -2.16. The summed E-state index contributed by atoms with van der Waals surface area (Å²) in [5.41, 5.74) is 0. The van der Waals surface area contributed by atoms with Gasteiger partial charge in [-0.2, -0.15) is 5.10 Å². The minimum Gasteiger partial charge on any atom is -0.333 e. The maximum absolute atomic E-state index is 11.2. The second-order valence-corrected chi connectivity index (χ2v) is 3.01. The van der Waals surface area contributed by atoms with E-state index in [9.17, 15) is 9.59 Å². The quantitative estimate of drug-likeness (QED) is 0.505. The van der Waals surface area contributed by atoms with E-state index in [0.29, 0.717) is 0 Å². The van der Waals surface area contributed by atoms with Crippen LogP contribution in [0.1, 0.15) is 6.42 Å². The van der Waals surface area contributed by atoms with E-state index in [1.807, 2.05) is 0 Å². The summed E-state index contributed by atoms with van der Waals surface area (Å²) in [5.74, 6) is -0.560. The van der Waals surface area contributed by atoms with E-state index in [1.165, 1.54) is 6.21 Å². The van der Waals surface area contributed by atoms with Crippen LogP contribution >= 0.6 is 12.2 Å². The van der Waals surface area contributed by atoms with Crippen LogP contribution in [0.4, 0.5) is 0 Å². The molecule has 0 spiro atoms. The van der Waals surface area contributed by atoms with Crippen LogP contribution in [-0.2, 0) is 9.59 Å². The molecule has 0 aromatic heterocycles. The average Bonchev–Trinajstić information content (AvgIpc) is 2.58. The van der Waals surface area contributed by atoms with E-state index in [0.717, 1.165) is 5.01 Å². The highest BCUT2D eigenvalue weighted by atomic mass is 32.1. The van der Waals surface area contributed by atoms with Gasteiger partial charge in [-0.1, -0.05) is 0 Å². The molecule has 2 rings (SSSR count). The average molecular weight is 198 g/mol. The fraction of sp³-hybridized carbons (Fsp3) is 0.333. The van der Waals surface area contributed by atoms with Crippen molar-refractivity contribution in [1.29, 1.82) is 0 Å². The number of carbonyl (C=O) groups excluding carboxylic acids is 2. The number of hydrogen-bond donors (Lipinski definition) is 2. The zero-order chi connectivity index (χ0) is 9.42. The Balaban J connectivity index is 2.17. The predicted octanol–water partition coefficient (Wildman–Crippen LogP) is -1.47. The number of rotatable bonds is 1. The van der Waals surface area contributed by atoms with Gasteiger partial charge in [0.2, 0.25) is 6.17 Å². The molecule has 2 heterocycles. The molecule has 2 aliphatic rings. The van der Waals surface area contributed by atoms with Gasteiger partial charge in [0.1, 0.15) is 0 Å². The first-order chi connectivity index (χ1) is 6.18. The van der Waals surface area contributed by atoms with Crippen LogP contribution in [0.3, 0.4) is 0 Å². The van der Waals surface area contributed by atoms with Crippen LogP contribution in [0.25, 0.3) is 0 Å². The summed E-state index contributed by atoms with van der Waals surface area (Å²) < 4.78 is 0. The molecule has 0 aliphatic carbocycles. The van der Waals surface area contributed by atoms with Gasteiger partial charge in [0.05, 0.1) is 6.42 Å². The summed E-state index contributed by atoms with van der Waals surface area (Å²) in [7, 11) is 0. The normalized spacial score (nSPS) is 26.6. The van der Waals surface area contributed by atoms with Gasteiger partial charge >= 0.3 is 0 Å². The van der Waals surface area contributed by atoms with E-state index >= 15 is 0 Å². The van der Waals surface area contributed by atoms with Crippen LogP contribution in [0.2, 0.25) is 0 Å². The fourth-order valence-electron chi connectivity index (χ4n) is 1.15. The highest BCUT2D eigenvalue weighted by Crippen LogP contribution is 2.09. The predicted molar refractivity (Wildman–Crippen MR) is 47.6 cm³/mol. The standard InChI is InChI=1S/C6H6N4O2S/c11-3-1-2-7-10(3)4-5(12)9-6(13)8-4/h2,4H,1H2,(H2,8,9,12,13). The van der Waals surface area contributed by atoms with Gasteiger partial charge in [0.25, 0.3) is 11.8 Å². The van der Waals surface area contributed by atoms with Gasteiger partial charge < -0.3 is 5.32 Å². The molecule has 0 saturated carbocycles. The Morgan fingerprint density at radius 2 is 2.38 bits per heavy atom. The van der Waals surface area contributed by atoms with Crippen molar-refractivity contribution < 1.29 is 9.59 Å². The molecule has 6 nitrogen and oxygen atoms in total. The van der Waals surface area contributed by atoms with Crippen LogP contribution in [0.15, 0.2) is 5.10 Å². The SMILES string of the molecule is O=C1NC(=S)NC1N1N=CCC1=O. The van der Waals surface area contributed by atoms with Gasteiger partial charge in [-0.05, 0) is 12.2 Å². The second kappa shape index (κ2) is 2.77. The summed E-state index contributed by atoms with van der Waals surface area (Å²) in [6.07, 6.45) is 0.912. The largest absolute Gasteiger partial charge is 0.333 e. The molecule has 1 saturated heterocycles. The van der Waals surface area contributed by atoms with Crippen molar-refractivity contribution in [1.82, 2.24) is 15.6 Å². The van der Waals surface area contributed by atoms with Crippen molar-refractivity contribution in [3.05, 3.63) is 0 Å².